The molecule has 0 unspecified atom stereocenters. The van der Waals surface area contributed by atoms with Crippen LogP contribution in [0, 0.1) is 0 Å². The minimum absolute atomic E-state index is 0.0989. The highest BCUT2D eigenvalue weighted by molar-refractivity contribution is 7.09. The average molecular weight is 319 g/mol. The van der Waals surface area contributed by atoms with Crippen LogP contribution in [-0.2, 0) is 24.3 Å². The van der Waals surface area contributed by atoms with Crippen LogP contribution in [0.1, 0.15) is 16.3 Å². The summed E-state index contributed by atoms with van der Waals surface area (Å²) in [6.07, 6.45) is -0.0989. The standard InChI is InChI=1S/C15H17N3O3S/c1-18(9-11-5-3-2-4-6-11)15(21)16-8-13-17-12(10-22-13)7-14(19)20/h2-6,10H,7-9H2,1H3,(H,16,21)(H,19,20). The maximum Gasteiger partial charge on any atom is 0.317 e. The summed E-state index contributed by atoms with van der Waals surface area (Å²) in [6.45, 7) is 0.817. The van der Waals surface area contributed by atoms with Crippen LogP contribution in [0.4, 0.5) is 4.79 Å². The Morgan fingerprint density at radius 2 is 2.05 bits per heavy atom. The van der Waals surface area contributed by atoms with Crippen molar-refractivity contribution in [3.05, 3.63) is 52.0 Å². The molecule has 1 aromatic heterocycles. The third-order valence-electron chi connectivity index (χ3n) is 2.93. The van der Waals surface area contributed by atoms with Gasteiger partial charge in [-0.1, -0.05) is 30.3 Å². The van der Waals surface area contributed by atoms with Gasteiger partial charge in [-0.05, 0) is 5.56 Å². The van der Waals surface area contributed by atoms with Gasteiger partial charge in [-0.25, -0.2) is 9.78 Å². The molecule has 0 aliphatic heterocycles. The Balaban J connectivity index is 1.81. The molecule has 2 N–H and O–H groups in total. The van der Waals surface area contributed by atoms with Crippen LogP contribution in [0.25, 0.3) is 0 Å². The van der Waals surface area contributed by atoms with Crippen LogP contribution >= 0.6 is 11.3 Å². The fourth-order valence-corrected chi connectivity index (χ4v) is 2.62. The lowest BCUT2D eigenvalue weighted by atomic mass is 10.2. The van der Waals surface area contributed by atoms with Crippen LogP contribution in [0.3, 0.4) is 0 Å². The molecular formula is C15H17N3O3S. The minimum Gasteiger partial charge on any atom is -0.481 e. The van der Waals surface area contributed by atoms with Crippen LogP contribution < -0.4 is 5.32 Å². The summed E-state index contributed by atoms with van der Waals surface area (Å²) in [7, 11) is 1.72. The molecule has 2 rings (SSSR count). The zero-order valence-corrected chi connectivity index (χ0v) is 13.0. The fraction of sp³-hybridized carbons (Fsp3) is 0.267. The number of nitrogens with zero attached hydrogens (tertiary/aromatic N) is 2. The van der Waals surface area contributed by atoms with Crippen molar-refractivity contribution in [3.63, 3.8) is 0 Å². The van der Waals surface area contributed by atoms with Gasteiger partial charge in [0.2, 0.25) is 0 Å². The number of aromatic nitrogens is 1. The van der Waals surface area contributed by atoms with Gasteiger partial charge in [0, 0.05) is 19.0 Å². The SMILES string of the molecule is CN(Cc1ccccc1)C(=O)NCc1nc(CC(=O)O)cs1. The van der Waals surface area contributed by atoms with Crippen molar-refractivity contribution in [1.82, 2.24) is 15.2 Å². The predicted octanol–water partition coefficient (Wildman–Crippen LogP) is 2.11. The van der Waals surface area contributed by atoms with Crippen molar-refractivity contribution in [2.24, 2.45) is 0 Å². The van der Waals surface area contributed by atoms with Gasteiger partial charge in [0.15, 0.2) is 0 Å². The first-order valence-corrected chi connectivity index (χ1v) is 7.60. The van der Waals surface area contributed by atoms with Gasteiger partial charge in [-0.2, -0.15) is 0 Å². The molecule has 2 amide bonds. The van der Waals surface area contributed by atoms with Gasteiger partial charge >= 0.3 is 12.0 Å². The number of carboxylic acid groups (broad SMARTS) is 1. The fourth-order valence-electron chi connectivity index (χ4n) is 1.88. The summed E-state index contributed by atoms with van der Waals surface area (Å²) in [5.41, 5.74) is 1.57. The second-order valence-electron chi connectivity index (χ2n) is 4.80. The molecule has 1 heterocycles. The van der Waals surface area contributed by atoms with Crippen LogP contribution in [0.5, 0.6) is 0 Å². The highest BCUT2D eigenvalue weighted by atomic mass is 32.1. The number of nitrogens with one attached hydrogen (secondary N) is 1. The molecule has 1 aromatic carbocycles. The van der Waals surface area contributed by atoms with E-state index in [-0.39, 0.29) is 12.5 Å². The zero-order chi connectivity index (χ0) is 15.9. The van der Waals surface area contributed by atoms with Crippen molar-refractivity contribution >= 4 is 23.3 Å². The summed E-state index contributed by atoms with van der Waals surface area (Å²) >= 11 is 1.34. The molecule has 22 heavy (non-hydrogen) atoms. The number of benzene rings is 1. The molecule has 0 radical (unpaired) electrons. The summed E-state index contributed by atoms with van der Waals surface area (Å²) < 4.78 is 0. The predicted molar refractivity (Wildman–Crippen MR) is 83.6 cm³/mol. The first-order valence-electron chi connectivity index (χ1n) is 6.72. The Morgan fingerprint density at radius 1 is 1.32 bits per heavy atom. The number of amides is 2. The molecular weight excluding hydrogens is 302 g/mol. The number of aliphatic carboxylic acids is 1. The Morgan fingerprint density at radius 3 is 2.73 bits per heavy atom. The Labute approximate surface area is 132 Å². The average Bonchev–Trinajstić information content (AvgIpc) is 2.92. The summed E-state index contributed by atoms with van der Waals surface area (Å²) in [5.74, 6) is -0.913. The topological polar surface area (TPSA) is 82.5 Å². The highest BCUT2D eigenvalue weighted by Crippen LogP contribution is 2.10. The number of carbonyl (C=O) groups is 2. The maximum absolute atomic E-state index is 12.0. The van der Waals surface area contributed by atoms with E-state index in [9.17, 15) is 9.59 Å². The van der Waals surface area contributed by atoms with Crippen LogP contribution in [0.2, 0.25) is 0 Å². The van der Waals surface area contributed by atoms with E-state index in [1.54, 1.807) is 17.3 Å². The number of carbonyl (C=O) groups excluding carboxylic acids is 1. The molecule has 0 spiro atoms. The minimum atomic E-state index is -0.913. The Bertz CT molecular complexity index is 642. The third-order valence-corrected chi connectivity index (χ3v) is 3.83. The number of urea groups is 1. The maximum atomic E-state index is 12.0. The Kier molecular flexibility index (Phi) is 5.48. The summed E-state index contributed by atoms with van der Waals surface area (Å²) in [4.78, 5) is 28.4. The van der Waals surface area contributed by atoms with E-state index in [1.165, 1.54) is 11.3 Å². The second-order valence-corrected chi connectivity index (χ2v) is 5.75. The molecule has 6 nitrogen and oxygen atoms in total. The number of hydrogen-bond acceptors (Lipinski definition) is 4. The van der Waals surface area contributed by atoms with E-state index in [0.29, 0.717) is 23.8 Å². The van der Waals surface area contributed by atoms with Gasteiger partial charge < -0.3 is 15.3 Å². The third kappa shape index (κ3) is 4.85. The van der Waals surface area contributed by atoms with E-state index in [4.69, 9.17) is 5.11 Å². The summed E-state index contributed by atoms with van der Waals surface area (Å²) in [6, 6.07) is 9.52. The molecule has 7 heteroatoms. The van der Waals surface area contributed by atoms with E-state index in [1.807, 2.05) is 30.3 Å². The first-order chi connectivity index (χ1) is 10.5. The van der Waals surface area contributed by atoms with Gasteiger partial charge in [-0.15, -0.1) is 11.3 Å². The van der Waals surface area contributed by atoms with Crippen LogP contribution in [-0.4, -0.2) is 34.0 Å². The van der Waals surface area contributed by atoms with E-state index < -0.39 is 5.97 Å². The van der Waals surface area contributed by atoms with Crippen molar-refractivity contribution in [2.45, 2.75) is 19.5 Å². The van der Waals surface area contributed by atoms with E-state index >= 15 is 0 Å². The lowest BCUT2D eigenvalue weighted by molar-refractivity contribution is -0.136. The molecule has 0 fully saturated rings. The first kappa shape index (κ1) is 16.0. The van der Waals surface area contributed by atoms with Gasteiger partial charge in [0.1, 0.15) is 5.01 Å². The highest BCUT2D eigenvalue weighted by Gasteiger charge is 2.10. The smallest absolute Gasteiger partial charge is 0.317 e. The molecule has 0 atom stereocenters. The van der Waals surface area contributed by atoms with E-state index in [2.05, 4.69) is 10.3 Å². The van der Waals surface area contributed by atoms with Gasteiger partial charge in [0.05, 0.1) is 18.7 Å². The quantitative estimate of drug-likeness (QED) is 0.854. The molecule has 0 bridgehead atoms. The second kappa shape index (κ2) is 7.56. The van der Waals surface area contributed by atoms with Crippen LogP contribution in [0.15, 0.2) is 35.7 Å². The molecule has 0 saturated heterocycles. The van der Waals surface area contributed by atoms with Gasteiger partial charge in [-0.3, -0.25) is 4.79 Å². The molecule has 0 aliphatic carbocycles. The van der Waals surface area contributed by atoms with Crippen molar-refractivity contribution < 1.29 is 14.7 Å². The zero-order valence-electron chi connectivity index (χ0n) is 12.2. The Hall–Kier alpha value is -2.41. The number of rotatable bonds is 6. The lowest BCUT2D eigenvalue weighted by Gasteiger charge is -2.17. The molecule has 0 aliphatic rings. The van der Waals surface area contributed by atoms with Crippen molar-refractivity contribution in [2.75, 3.05) is 7.05 Å². The van der Waals surface area contributed by atoms with Crippen molar-refractivity contribution in [3.8, 4) is 0 Å². The number of hydrogen-bond donors (Lipinski definition) is 2. The van der Waals surface area contributed by atoms with Gasteiger partial charge in [0.25, 0.3) is 0 Å². The normalized spacial score (nSPS) is 10.2. The van der Waals surface area contributed by atoms with Crippen molar-refractivity contribution in [1.29, 1.82) is 0 Å². The number of thiazole rings is 1. The number of carboxylic acids is 1. The monoisotopic (exact) mass is 319 g/mol. The lowest BCUT2D eigenvalue weighted by Crippen LogP contribution is -2.36. The molecule has 0 saturated carbocycles. The largest absolute Gasteiger partial charge is 0.481 e. The molecule has 2 aromatic rings. The van der Waals surface area contributed by atoms with E-state index in [0.717, 1.165) is 5.56 Å². The molecule has 116 valence electrons. The summed E-state index contributed by atoms with van der Waals surface area (Å²) in [5, 5.41) is 13.9.